The average molecular weight is 346 g/mol. The Kier molecular flexibility index (Phi) is 3.87. The van der Waals surface area contributed by atoms with Crippen LogP contribution in [0.15, 0.2) is 59.0 Å². The van der Waals surface area contributed by atoms with Gasteiger partial charge in [-0.15, -0.1) is 0 Å². The molecule has 0 saturated heterocycles. The van der Waals surface area contributed by atoms with Crippen LogP contribution in [-0.2, 0) is 4.65 Å². The molecule has 3 aromatic carbocycles. The van der Waals surface area contributed by atoms with Crippen LogP contribution in [0.2, 0.25) is 0 Å². The standard InChI is InChI=1S/C22H23BO3/c1-21(2,24)22(3,4)26-23-16-9-10-19-18(13-16)17-11-14-7-5-6-8-15(14)12-20(17)25-19/h5-13,23-24H,1-4H3. The third-order valence-electron chi connectivity index (χ3n) is 5.48. The minimum absolute atomic E-state index is 0.438. The van der Waals surface area contributed by atoms with Crippen molar-refractivity contribution in [2.45, 2.75) is 38.9 Å². The SMILES string of the molecule is CC(C)(O)C(C)(C)OBc1ccc2oc3cc4ccccc4cc3c2c1. The van der Waals surface area contributed by atoms with Crippen LogP contribution in [-0.4, -0.2) is 23.8 Å². The van der Waals surface area contributed by atoms with Crippen molar-refractivity contribution in [3.63, 3.8) is 0 Å². The molecule has 0 aliphatic heterocycles. The molecule has 1 heterocycles. The molecule has 0 bridgehead atoms. The van der Waals surface area contributed by atoms with Crippen LogP contribution in [0.25, 0.3) is 32.7 Å². The van der Waals surface area contributed by atoms with Crippen molar-refractivity contribution in [2.24, 2.45) is 0 Å². The topological polar surface area (TPSA) is 42.6 Å². The zero-order valence-corrected chi connectivity index (χ0v) is 15.7. The van der Waals surface area contributed by atoms with Gasteiger partial charge in [0.15, 0.2) is 0 Å². The molecular formula is C22H23BO3. The van der Waals surface area contributed by atoms with E-state index in [1.165, 1.54) is 10.8 Å². The van der Waals surface area contributed by atoms with Gasteiger partial charge in [-0.05, 0) is 56.7 Å². The summed E-state index contributed by atoms with van der Waals surface area (Å²) in [6.45, 7) is 7.35. The number of furan rings is 1. The van der Waals surface area contributed by atoms with E-state index in [9.17, 15) is 5.11 Å². The van der Waals surface area contributed by atoms with E-state index in [0.29, 0.717) is 7.48 Å². The van der Waals surface area contributed by atoms with Crippen molar-refractivity contribution in [3.8, 4) is 0 Å². The highest BCUT2D eigenvalue weighted by Gasteiger charge is 2.35. The Hall–Kier alpha value is -2.30. The van der Waals surface area contributed by atoms with E-state index in [1.807, 2.05) is 32.0 Å². The van der Waals surface area contributed by atoms with Gasteiger partial charge in [0.2, 0.25) is 0 Å². The fourth-order valence-corrected chi connectivity index (χ4v) is 3.04. The average Bonchev–Trinajstić information content (AvgIpc) is 2.94. The Bertz CT molecular complexity index is 1100. The van der Waals surface area contributed by atoms with Crippen LogP contribution in [0.3, 0.4) is 0 Å². The summed E-state index contributed by atoms with van der Waals surface area (Å²) in [5, 5.41) is 14.8. The van der Waals surface area contributed by atoms with Gasteiger partial charge in [-0.25, -0.2) is 0 Å². The summed E-state index contributed by atoms with van der Waals surface area (Å²) in [5.41, 5.74) is 1.27. The normalized spacial score (nSPS) is 13.0. The van der Waals surface area contributed by atoms with Gasteiger partial charge < -0.3 is 14.2 Å². The molecule has 3 nitrogen and oxygen atoms in total. The molecule has 26 heavy (non-hydrogen) atoms. The molecule has 1 N–H and O–H groups in total. The molecule has 0 amide bonds. The fraction of sp³-hybridized carbons (Fsp3) is 0.273. The lowest BCUT2D eigenvalue weighted by Crippen LogP contribution is -2.49. The third-order valence-corrected chi connectivity index (χ3v) is 5.48. The summed E-state index contributed by atoms with van der Waals surface area (Å²) in [6.07, 6.45) is 0. The van der Waals surface area contributed by atoms with E-state index < -0.39 is 11.2 Å². The molecule has 1 aromatic heterocycles. The molecule has 4 heteroatoms. The molecule has 0 atom stereocenters. The Morgan fingerprint density at radius 1 is 0.846 bits per heavy atom. The smallest absolute Gasteiger partial charge is 0.309 e. The molecule has 0 aliphatic carbocycles. The highest BCUT2D eigenvalue weighted by atomic mass is 16.5. The molecule has 0 fully saturated rings. The van der Waals surface area contributed by atoms with Crippen molar-refractivity contribution in [1.82, 2.24) is 0 Å². The number of rotatable bonds is 4. The second kappa shape index (κ2) is 5.87. The predicted molar refractivity (Wildman–Crippen MR) is 109 cm³/mol. The summed E-state index contributed by atoms with van der Waals surface area (Å²) in [4.78, 5) is 0. The molecule has 0 saturated carbocycles. The van der Waals surface area contributed by atoms with Crippen LogP contribution in [0.1, 0.15) is 27.7 Å². The van der Waals surface area contributed by atoms with Gasteiger partial charge in [0.25, 0.3) is 0 Å². The van der Waals surface area contributed by atoms with E-state index in [4.69, 9.17) is 9.07 Å². The van der Waals surface area contributed by atoms with E-state index in [0.717, 1.165) is 27.4 Å². The second-order valence-electron chi connectivity index (χ2n) is 7.99. The summed E-state index contributed by atoms with van der Waals surface area (Å²) in [7, 11) is 0.438. The first-order valence-electron chi connectivity index (χ1n) is 8.95. The summed E-state index contributed by atoms with van der Waals surface area (Å²) >= 11 is 0. The first-order valence-corrected chi connectivity index (χ1v) is 8.95. The van der Waals surface area contributed by atoms with E-state index in [2.05, 4.69) is 36.4 Å². The number of hydrogen-bond acceptors (Lipinski definition) is 3. The monoisotopic (exact) mass is 346 g/mol. The maximum Gasteiger partial charge on any atom is 0.309 e. The molecule has 0 unspecified atom stereocenters. The lowest BCUT2D eigenvalue weighted by Gasteiger charge is -2.37. The van der Waals surface area contributed by atoms with Crippen molar-refractivity contribution in [1.29, 1.82) is 0 Å². The van der Waals surface area contributed by atoms with Crippen LogP contribution in [0.5, 0.6) is 0 Å². The Morgan fingerprint density at radius 3 is 2.19 bits per heavy atom. The summed E-state index contributed by atoms with van der Waals surface area (Å²) in [6, 6.07) is 18.7. The van der Waals surface area contributed by atoms with E-state index in [1.54, 1.807) is 13.8 Å². The van der Waals surface area contributed by atoms with Gasteiger partial charge in [-0.2, -0.15) is 0 Å². The highest BCUT2D eigenvalue weighted by Crippen LogP contribution is 2.31. The van der Waals surface area contributed by atoms with Gasteiger partial charge in [-0.1, -0.05) is 41.9 Å². The molecule has 4 aromatic rings. The van der Waals surface area contributed by atoms with E-state index >= 15 is 0 Å². The van der Waals surface area contributed by atoms with Crippen LogP contribution in [0, 0.1) is 0 Å². The zero-order chi connectivity index (χ0) is 18.5. The predicted octanol–water partition coefficient (Wildman–Crippen LogP) is 4.28. The Morgan fingerprint density at radius 2 is 1.50 bits per heavy atom. The maximum absolute atomic E-state index is 10.3. The minimum Gasteiger partial charge on any atom is -0.456 e. The van der Waals surface area contributed by atoms with Crippen LogP contribution in [0.4, 0.5) is 0 Å². The molecule has 4 rings (SSSR count). The maximum atomic E-state index is 10.3. The van der Waals surface area contributed by atoms with Crippen LogP contribution >= 0.6 is 0 Å². The minimum atomic E-state index is -0.918. The first kappa shape index (κ1) is 17.1. The quantitative estimate of drug-likeness (QED) is 0.561. The summed E-state index contributed by atoms with van der Waals surface area (Å²) < 4.78 is 12.0. The molecule has 0 aliphatic rings. The van der Waals surface area contributed by atoms with Gasteiger partial charge in [0.05, 0.1) is 11.2 Å². The lowest BCUT2D eigenvalue weighted by atomic mass is 9.82. The second-order valence-corrected chi connectivity index (χ2v) is 7.99. The number of hydrogen-bond donors (Lipinski definition) is 1. The Balaban J connectivity index is 1.74. The molecule has 132 valence electrons. The number of benzene rings is 3. The molecular weight excluding hydrogens is 323 g/mol. The van der Waals surface area contributed by atoms with Gasteiger partial charge >= 0.3 is 7.48 Å². The van der Waals surface area contributed by atoms with Gasteiger partial charge in [0, 0.05) is 10.8 Å². The largest absolute Gasteiger partial charge is 0.456 e. The van der Waals surface area contributed by atoms with Crippen molar-refractivity contribution in [3.05, 3.63) is 54.6 Å². The lowest BCUT2D eigenvalue weighted by molar-refractivity contribution is -0.0893. The Labute approximate surface area is 153 Å². The van der Waals surface area contributed by atoms with Gasteiger partial charge in [-0.3, -0.25) is 0 Å². The fourth-order valence-electron chi connectivity index (χ4n) is 3.04. The van der Waals surface area contributed by atoms with Crippen LogP contribution < -0.4 is 5.46 Å². The molecule has 0 radical (unpaired) electrons. The van der Waals surface area contributed by atoms with E-state index in [-0.39, 0.29) is 0 Å². The number of aliphatic hydroxyl groups is 1. The van der Waals surface area contributed by atoms with Crippen molar-refractivity contribution < 1.29 is 14.2 Å². The first-order chi connectivity index (χ1) is 12.2. The van der Waals surface area contributed by atoms with Gasteiger partial charge in [0.1, 0.15) is 11.2 Å². The summed E-state index contributed by atoms with van der Waals surface area (Å²) in [5.74, 6) is 0. The number of fused-ring (bicyclic) bond motifs is 4. The van der Waals surface area contributed by atoms with Crippen molar-refractivity contribution >= 4 is 45.7 Å². The highest BCUT2D eigenvalue weighted by molar-refractivity contribution is 6.47. The zero-order valence-electron chi connectivity index (χ0n) is 15.7. The van der Waals surface area contributed by atoms with Crippen molar-refractivity contribution in [2.75, 3.05) is 0 Å². The molecule has 0 spiro atoms. The third kappa shape index (κ3) is 2.89.